The van der Waals surface area contributed by atoms with E-state index in [-0.39, 0.29) is 5.82 Å². The maximum atomic E-state index is 13.2. The van der Waals surface area contributed by atoms with E-state index in [2.05, 4.69) is 5.32 Å². The van der Waals surface area contributed by atoms with E-state index in [1.165, 1.54) is 12.3 Å². The molecule has 1 aromatic heterocycles. The Balaban J connectivity index is 2.09. The Bertz CT molecular complexity index is 616. The van der Waals surface area contributed by atoms with Gasteiger partial charge in [0.05, 0.1) is 11.4 Å². The number of hydrogen-bond donors (Lipinski definition) is 1. The second kappa shape index (κ2) is 4.14. The molecule has 1 unspecified atom stereocenters. The van der Waals surface area contributed by atoms with Crippen molar-refractivity contribution >= 4 is 18.2 Å². The van der Waals surface area contributed by atoms with Gasteiger partial charge in [0.15, 0.2) is 0 Å². The Kier molecular flexibility index (Phi) is 2.48. The van der Waals surface area contributed by atoms with Crippen molar-refractivity contribution < 1.29 is 9.18 Å². The summed E-state index contributed by atoms with van der Waals surface area (Å²) in [7, 11) is 0. The van der Waals surface area contributed by atoms with Crippen LogP contribution in [0, 0.1) is 5.82 Å². The predicted molar refractivity (Wildman–Crippen MR) is 66.9 cm³/mol. The summed E-state index contributed by atoms with van der Waals surface area (Å²) in [6.07, 6.45) is 3.94. The summed E-state index contributed by atoms with van der Waals surface area (Å²) < 4.78 is 14.9. The maximum Gasteiger partial charge on any atom is 0.148 e. The van der Waals surface area contributed by atoms with Crippen LogP contribution in [0.2, 0.25) is 0 Å². The van der Waals surface area contributed by atoms with Gasteiger partial charge in [0.1, 0.15) is 18.1 Å². The zero-order valence-corrected chi connectivity index (χ0v) is 9.51. The Morgan fingerprint density at radius 3 is 2.78 bits per heavy atom. The van der Waals surface area contributed by atoms with Gasteiger partial charge in [-0.15, -0.1) is 0 Å². The molecule has 0 aliphatic carbocycles. The first-order valence-electron chi connectivity index (χ1n) is 5.64. The van der Waals surface area contributed by atoms with Crippen molar-refractivity contribution in [3.8, 4) is 0 Å². The van der Waals surface area contributed by atoms with Gasteiger partial charge in [-0.1, -0.05) is 30.3 Å². The predicted octanol–water partition coefficient (Wildman–Crippen LogP) is 2.43. The molecule has 4 heteroatoms. The molecule has 1 aliphatic heterocycles. The standard InChI is InChI=1S/C14H11FN2O/c15-11-6-14-13(9-18)16-12(8-17(14)7-11)10-4-2-1-3-5-10/h1-9,13,16H. The van der Waals surface area contributed by atoms with Crippen molar-refractivity contribution in [3.05, 3.63) is 59.7 Å². The highest BCUT2D eigenvalue weighted by molar-refractivity contribution is 5.79. The van der Waals surface area contributed by atoms with Gasteiger partial charge < -0.3 is 14.7 Å². The van der Waals surface area contributed by atoms with Crippen LogP contribution in [0.25, 0.3) is 11.9 Å². The average Bonchev–Trinajstić information content (AvgIpc) is 2.78. The van der Waals surface area contributed by atoms with Crippen LogP contribution >= 0.6 is 0 Å². The molecular formula is C14H11FN2O. The number of rotatable bonds is 2. The number of fused-ring (bicyclic) bond motifs is 1. The molecule has 18 heavy (non-hydrogen) atoms. The third-order valence-electron chi connectivity index (χ3n) is 2.97. The lowest BCUT2D eigenvalue weighted by Crippen LogP contribution is -2.26. The van der Waals surface area contributed by atoms with Gasteiger partial charge in [-0.2, -0.15) is 0 Å². The van der Waals surface area contributed by atoms with Crippen molar-refractivity contribution in [2.75, 3.05) is 0 Å². The van der Waals surface area contributed by atoms with Gasteiger partial charge in [-0.05, 0) is 11.6 Å². The Hall–Kier alpha value is -2.36. The highest BCUT2D eigenvalue weighted by Crippen LogP contribution is 2.25. The van der Waals surface area contributed by atoms with Gasteiger partial charge >= 0.3 is 0 Å². The SMILES string of the molecule is O=CC1NC(c2ccccc2)=Cn2cc(F)cc21. The molecule has 90 valence electrons. The largest absolute Gasteiger partial charge is 0.369 e. The van der Waals surface area contributed by atoms with Crippen LogP contribution in [0.15, 0.2) is 42.6 Å². The molecule has 1 aliphatic rings. The first-order chi connectivity index (χ1) is 8.78. The monoisotopic (exact) mass is 242 g/mol. The molecule has 0 saturated carbocycles. The number of halogens is 1. The molecular weight excluding hydrogens is 231 g/mol. The molecule has 0 spiro atoms. The van der Waals surface area contributed by atoms with Gasteiger partial charge in [0.25, 0.3) is 0 Å². The van der Waals surface area contributed by atoms with Crippen molar-refractivity contribution in [2.24, 2.45) is 0 Å². The van der Waals surface area contributed by atoms with Crippen molar-refractivity contribution in [1.29, 1.82) is 0 Å². The second-order valence-corrected chi connectivity index (χ2v) is 4.16. The van der Waals surface area contributed by atoms with Crippen LogP contribution in [0.4, 0.5) is 4.39 Å². The smallest absolute Gasteiger partial charge is 0.148 e. The lowest BCUT2D eigenvalue weighted by atomic mass is 10.1. The molecule has 1 aromatic carbocycles. The first kappa shape index (κ1) is 10.8. The zero-order chi connectivity index (χ0) is 12.5. The van der Waals surface area contributed by atoms with Crippen LogP contribution in [0.3, 0.4) is 0 Å². The van der Waals surface area contributed by atoms with Gasteiger partial charge in [0, 0.05) is 12.4 Å². The zero-order valence-electron chi connectivity index (χ0n) is 9.51. The molecule has 2 heterocycles. The van der Waals surface area contributed by atoms with Crippen LogP contribution in [-0.2, 0) is 4.79 Å². The highest BCUT2D eigenvalue weighted by atomic mass is 19.1. The van der Waals surface area contributed by atoms with Gasteiger partial charge in [-0.25, -0.2) is 4.39 Å². The number of nitrogens with zero attached hydrogens (tertiary/aromatic N) is 1. The molecule has 0 radical (unpaired) electrons. The third-order valence-corrected chi connectivity index (χ3v) is 2.97. The number of carbonyl (C=O) groups excluding carboxylic acids is 1. The van der Waals surface area contributed by atoms with E-state index in [4.69, 9.17) is 0 Å². The molecule has 0 amide bonds. The lowest BCUT2D eigenvalue weighted by molar-refractivity contribution is -0.109. The fraction of sp³-hybridized carbons (Fsp3) is 0.0714. The molecule has 1 atom stereocenters. The van der Waals surface area contributed by atoms with Crippen molar-refractivity contribution in [2.45, 2.75) is 6.04 Å². The minimum Gasteiger partial charge on any atom is -0.369 e. The van der Waals surface area contributed by atoms with Gasteiger partial charge in [-0.3, -0.25) is 0 Å². The molecule has 2 aromatic rings. The molecule has 0 bridgehead atoms. The quantitative estimate of drug-likeness (QED) is 0.821. The minimum absolute atomic E-state index is 0.343. The Labute approximate surface area is 104 Å². The number of aromatic nitrogens is 1. The van der Waals surface area contributed by atoms with Crippen molar-refractivity contribution in [3.63, 3.8) is 0 Å². The average molecular weight is 242 g/mol. The fourth-order valence-corrected chi connectivity index (χ4v) is 2.12. The first-order valence-corrected chi connectivity index (χ1v) is 5.64. The Morgan fingerprint density at radius 2 is 2.06 bits per heavy atom. The molecule has 3 nitrogen and oxygen atoms in total. The normalized spacial score (nSPS) is 17.6. The summed E-state index contributed by atoms with van der Waals surface area (Å²) in [5.74, 6) is -0.343. The van der Waals surface area contributed by atoms with E-state index >= 15 is 0 Å². The number of carbonyl (C=O) groups is 1. The fourth-order valence-electron chi connectivity index (χ4n) is 2.12. The molecule has 0 fully saturated rings. The summed E-state index contributed by atoms with van der Waals surface area (Å²) >= 11 is 0. The number of nitrogens with one attached hydrogen (secondary N) is 1. The lowest BCUT2D eigenvalue weighted by Gasteiger charge is -2.23. The van der Waals surface area contributed by atoms with Crippen molar-refractivity contribution in [1.82, 2.24) is 9.88 Å². The Morgan fingerprint density at radius 1 is 1.28 bits per heavy atom. The van der Waals surface area contributed by atoms with E-state index in [9.17, 15) is 9.18 Å². The summed E-state index contributed by atoms with van der Waals surface area (Å²) in [6, 6.07) is 10.5. The number of aldehydes is 1. The minimum atomic E-state index is -0.519. The van der Waals surface area contributed by atoms with E-state index in [0.29, 0.717) is 5.69 Å². The van der Waals surface area contributed by atoms with E-state index in [0.717, 1.165) is 17.5 Å². The summed E-state index contributed by atoms with van der Waals surface area (Å²) in [6.45, 7) is 0. The summed E-state index contributed by atoms with van der Waals surface area (Å²) in [5, 5.41) is 3.09. The van der Waals surface area contributed by atoms with E-state index in [1.807, 2.05) is 30.3 Å². The number of hydrogen-bond acceptors (Lipinski definition) is 2. The van der Waals surface area contributed by atoms with Crippen LogP contribution < -0.4 is 5.32 Å². The molecule has 1 N–H and O–H groups in total. The third kappa shape index (κ3) is 1.72. The second-order valence-electron chi connectivity index (χ2n) is 4.16. The molecule has 3 rings (SSSR count). The highest BCUT2D eigenvalue weighted by Gasteiger charge is 2.21. The van der Waals surface area contributed by atoms with Crippen LogP contribution in [-0.4, -0.2) is 10.9 Å². The van der Waals surface area contributed by atoms with Crippen LogP contribution in [0.1, 0.15) is 17.3 Å². The van der Waals surface area contributed by atoms with E-state index in [1.54, 1.807) is 10.8 Å². The summed E-state index contributed by atoms with van der Waals surface area (Å²) in [4.78, 5) is 11.1. The van der Waals surface area contributed by atoms with Gasteiger partial charge in [0.2, 0.25) is 0 Å². The van der Waals surface area contributed by atoms with Crippen LogP contribution in [0.5, 0.6) is 0 Å². The summed E-state index contributed by atoms with van der Waals surface area (Å²) in [5.41, 5.74) is 2.38. The topological polar surface area (TPSA) is 34.0 Å². The maximum absolute atomic E-state index is 13.2. The van der Waals surface area contributed by atoms with E-state index < -0.39 is 6.04 Å². The molecule has 0 saturated heterocycles. The number of benzene rings is 1.